The van der Waals surface area contributed by atoms with Crippen molar-refractivity contribution in [3.8, 4) is 0 Å². The molecule has 0 radical (unpaired) electrons. The number of aliphatic hydroxyl groups excluding tert-OH is 2. The third kappa shape index (κ3) is 4.30. The number of thiol groups is 1. The molecule has 11 heteroatoms. The third-order valence-electron chi connectivity index (χ3n) is 3.98. The lowest BCUT2D eigenvalue weighted by molar-refractivity contribution is -0.124. The number of hydrogen-bond acceptors (Lipinski definition) is 8. The van der Waals surface area contributed by atoms with Crippen molar-refractivity contribution in [3.05, 3.63) is 33.1 Å². The number of aromatic nitrogens is 2. The van der Waals surface area contributed by atoms with Crippen LogP contribution in [0.4, 0.5) is 0 Å². The number of carbonyl (C=O) groups excluding carboxylic acids is 1. The van der Waals surface area contributed by atoms with Gasteiger partial charge in [0.15, 0.2) is 6.23 Å². The molecule has 1 fully saturated rings. The molecule has 0 spiro atoms. The van der Waals surface area contributed by atoms with Gasteiger partial charge in [-0.2, -0.15) is 12.6 Å². The molecular weight excluding hydrogens is 352 g/mol. The lowest BCUT2D eigenvalue weighted by atomic mass is 10.0. The van der Waals surface area contributed by atoms with Crippen LogP contribution in [0.3, 0.4) is 0 Å². The van der Waals surface area contributed by atoms with Gasteiger partial charge in [-0.05, 0) is 13.8 Å². The molecule has 0 bridgehead atoms. The zero-order valence-electron chi connectivity index (χ0n) is 13.7. The largest absolute Gasteiger partial charge is 0.387 e. The van der Waals surface area contributed by atoms with Crippen molar-refractivity contribution >= 4 is 18.5 Å². The van der Waals surface area contributed by atoms with E-state index in [1.165, 1.54) is 0 Å². The van der Waals surface area contributed by atoms with Gasteiger partial charge in [-0.25, -0.2) is 4.79 Å². The zero-order chi connectivity index (χ0) is 18.9. The molecule has 0 aromatic carbocycles. The minimum Gasteiger partial charge on any atom is -0.387 e. The second kappa shape index (κ2) is 7.30. The van der Waals surface area contributed by atoms with Crippen LogP contribution >= 0.6 is 12.6 Å². The van der Waals surface area contributed by atoms with Gasteiger partial charge < -0.3 is 26.0 Å². The molecule has 6 N–H and O–H groups in total. The number of nitrogens with zero attached hydrogens (tertiary/aromatic N) is 1. The van der Waals surface area contributed by atoms with Crippen LogP contribution in [0.15, 0.2) is 21.9 Å². The summed E-state index contributed by atoms with van der Waals surface area (Å²) in [6.07, 6.45) is -3.76. The van der Waals surface area contributed by atoms with Gasteiger partial charge in [-0.15, -0.1) is 0 Å². The average molecular weight is 374 g/mol. The fraction of sp³-hybridized carbons (Fsp3) is 0.643. The highest BCUT2D eigenvalue weighted by Crippen LogP contribution is 2.27. The summed E-state index contributed by atoms with van der Waals surface area (Å²) in [7, 11) is 0. The molecule has 0 unspecified atom stereocenters. The number of aromatic amines is 1. The topological polar surface area (TPSA) is 160 Å². The zero-order valence-corrected chi connectivity index (χ0v) is 14.6. The van der Waals surface area contributed by atoms with Crippen molar-refractivity contribution in [2.24, 2.45) is 5.73 Å². The lowest BCUT2D eigenvalue weighted by Gasteiger charge is -2.25. The molecule has 5 atom stereocenters. The molecule has 1 aromatic heterocycles. The number of aliphatic hydroxyl groups is 2. The van der Waals surface area contributed by atoms with E-state index in [1.807, 2.05) is 4.98 Å². The molecule has 1 aliphatic heterocycles. The van der Waals surface area contributed by atoms with Crippen LogP contribution in [0.1, 0.15) is 20.1 Å². The summed E-state index contributed by atoms with van der Waals surface area (Å²) in [5.74, 6) is -0.491. The van der Waals surface area contributed by atoms with Crippen molar-refractivity contribution in [2.75, 3.05) is 6.54 Å². The second-order valence-corrected chi connectivity index (χ2v) is 7.59. The fourth-order valence-corrected chi connectivity index (χ4v) is 2.50. The van der Waals surface area contributed by atoms with Gasteiger partial charge in [-0.1, -0.05) is 0 Å². The van der Waals surface area contributed by atoms with Gasteiger partial charge in [0.25, 0.3) is 5.56 Å². The molecule has 1 amide bonds. The van der Waals surface area contributed by atoms with Crippen molar-refractivity contribution in [1.82, 2.24) is 14.9 Å². The minimum atomic E-state index is -1.42. The number of nitrogens with two attached hydrogens (primary N) is 1. The Morgan fingerprint density at radius 3 is 2.68 bits per heavy atom. The molecule has 0 saturated carbocycles. The summed E-state index contributed by atoms with van der Waals surface area (Å²) in [4.78, 5) is 36.9. The van der Waals surface area contributed by atoms with E-state index in [9.17, 15) is 24.6 Å². The molecule has 0 aliphatic carbocycles. The van der Waals surface area contributed by atoms with Crippen molar-refractivity contribution < 1.29 is 19.7 Å². The van der Waals surface area contributed by atoms with E-state index in [1.54, 1.807) is 13.8 Å². The number of carbonyl (C=O) groups is 1. The van der Waals surface area contributed by atoms with Crippen molar-refractivity contribution in [3.63, 3.8) is 0 Å². The lowest BCUT2D eigenvalue weighted by Crippen LogP contribution is -2.53. The number of H-pyrrole nitrogens is 1. The summed E-state index contributed by atoms with van der Waals surface area (Å²) < 4.78 is 5.69. The molecule has 10 nitrogen and oxygen atoms in total. The van der Waals surface area contributed by atoms with Crippen LogP contribution in [-0.4, -0.2) is 61.3 Å². The molecule has 1 saturated heterocycles. The maximum Gasteiger partial charge on any atom is 0.330 e. The van der Waals surface area contributed by atoms with Gasteiger partial charge in [0, 0.05) is 23.6 Å². The molecule has 140 valence electrons. The maximum atomic E-state index is 12.0. The highest BCUT2D eigenvalue weighted by molar-refractivity contribution is 7.81. The molecule has 2 rings (SSSR count). The first-order valence-corrected chi connectivity index (χ1v) is 8.06. The summed E-state index contributed by atoms with van der Waals surface area (Å²) in [5.41, 5.74) is 4.39. The van der Waals surface area contributed by atoms with E-state index in [-0.39, 0.29) is 6.54 Å². The number of nitrogens with one attached hydrogen (secondary N) is 2. The van der Waals surface area contributed by atoms with Gasteiger partial charge in [0.1, 0.15) is 18.3 Å². The van der Waals surface area contributed by atoms with Crippen LogP contribution in [0.25, 0.3) is 0 Å². The number of rotatable bonds is 5. The Kier molecular flexibility index (Phi) is 5.74. The Hall–Kier alpha value is -1.66. The highest BCUT2D eigenvalue weighted by Gasteiger charge is 2.44. The van der Waals surface area contributed by atoms with E-state index in [0.29, 0.717) is 0 Å². The highest BCUT2D eigenvalue weighted by atomic mass is 32.1. The average Bonchev–Trinajstić information content (AvgIpc) is 2.79. The number of amides is 1. The standard InChI is InChI=1S/C14H22N4O6S/c1-14(2,25)10(15)11(22)16-5-6-8(20)9(21)12(24-6)18-4-3-7(19)17-13(18)23/h3-4,6,8-10,12,20-21,25H,5,15H2,1-2H3,(H,16,22)(H,17,19,23)/t6-,8-,9-,10+,12-/m1/s1. The molecule has 2 heterocycles. The van der Waals surface area contributed by atoms with E-state index in [2.05, 4.69) is 17.9 Å². The van der Waals surface area contributed by atoms with Crippen LogP contribution in [0, 0.1) is 0 Å². The van der Waals surface area contributed by atoms with Crippen LogP contribution in [-0.2, 0) is 9.53 Å². The summed E-state index contributed by atoms with van der Waals surface area (Å²) in [6, 6.07) is 0.198. The predicted molar refractivity (Wildman–Crippen MR) is 91.3 cm³/mol. The first kappa shape index (κ1) is 19.7. The van der Waals surface area contributed by atoms with E-state index in [4.69, 9.17) is 10.5 Å². The van der Waals surface area contributed by atoms with Crippen molar-refractivity contribution in [2.45, 2.75) is 49.2 Å². The summed E-state index contributed by atoms with van der Waals surface area (Å²) in [5, 5.41) is 22.7. The predicted octanol–water partition coefficient (Wildman–Crippen LogP) is -2.69. The van der Waals surface area contributed by atoms with Gasteiger partial charge in [0.2, 0.25) is 5.91 Å². The Morgan fingerprint density at radius 1 is 1.48 bits per heavy atom. The first-order valence-electron chi connectivity index (χ1n) is 7.61. The Bertz CT molecular complexity index is 742. The van der Waals surface area contributed by atoms with Gasteiger partial charge in [0.05, 0.1) is 6.04 Å². The van der Waals surface area contributed by atoms with Gasteiger partial charge >= 0.3 is 5.69 Å². The first-order chi connectivity index (χ1) is 11.5. The summed E-state index contributed by atoms with van der Waals surface area (Å²) in [6.45, 7) is 3.25. The molecule has 25 heavy (non-hydrogen) atoms. The minimum absolute atomic E-state index is 0.122. The number of hydrogen-bond donors (Lipinski definition) is 6. The Morgan fingerprint density at radius 2 is 2.12 bits per heavy atom. The Balaban J connectivity index is 2.06. The van der Waals surface area contributed by atoms with Gasteiger partial charge in [-0.3, -0.25) is 19.1 Å². The van der Waals surface area contributed by atoms with E-state index < -0.39 is 52.5 Å². The smallest absolute Gasteiger partial charge is 0.330 e. The fourth-order valence-electron chi connectivity index (χ4n) is 2.39. The maximum absolute atomic E-state index is 12.0. The molecular formula is C14H22N4O6S. The SMILES string of the molecule is CC(C)(S)[C@@H](N)C(=O)NC[C@H]1O[C@@H](n2ccc(=O)[nH]c2=O)[C@H](O)[C@@H]1O. The molecule has 1 aliphatic rings. The van der Waals surface area contributed by atoms with Crippen LogP contribution < -0.4 is 22.3 Å². The van der Waals surface area contributed by atoms with Crippen LogP contribution in [0.2, 0.25) is 0 Å². The van der Waals surface area contributed by atoms with E-state index in [0.717, 1.165) is 16.8 Å². The molecule has 1 aromatic rings. The summed E-state index contributed by atoms with van der Waals surface area (Å²) >= 11 is 4.23. The van der Waals surface area contributed by atoms with E-state index >= 15 is 0 Å². The van der Waals surface area contributed by atoms with Crippen LogP contribution in [0.5, 0.6) is 0 Å². The Labute approximate surface area is 148 Å². The quantitative estimate of drug-likeness (QED) is 0.306. The third-order valence-corrected chi connectivity index (χ3v) is 4.26. The normalized spacial score (nSPS) is 27.9. The van der Waals surface area contributed by atoms with Crippen molar-refractivity contribution in [1.29, 1.82) is 0 Å². The second-order valence-electron chi connectivity index (χ2n) is 6.44. The number of ether oxygens (including phenoxy) is 1. The monoisotopic (exact) mass is 374 g/mol.